The summed E-state index contributed by atoms with van der Waals surface area (Å²) in [6.45, 7) is 1.22. The minimum atomic E-state index is -0.980. The van der Waals surface area contributed by atoms with E-state index in [1.165, 1.54) is 7.11 Å². The van der Waals surface area contributed by atoms with Gasteiger partial charge in [0.2, 0.25) is 5.88 Å². The Bertz CT molecular complexity index is 1050. The molecule has 0 saturated carbocycles. The Balaban J connectivity index is 1.53. The number of aliphatic hydroxyl groups excluding tert-OH is 2. The molecule has 1 fully saturated rings. The van der Waals surface area contributed by atoms with Crippen LogP contribution in [-0.4, -0.2) is 89.4 Å². The number of piperidine rings is 1. The Hall–Kier alpha value is -3.17. The number of benzene rings is 1. The van der Waals surface area contributed by atoms with Crippen LogP contribution in [0.4, 0.5) is 0 Å². The molecule has 1 saturated heterocycles. The number of hydrogen-bond donors (Lipinski definition) is 2. The monoisotopic (exact) mass is 483 g/mol. The van der Waals surface area contributed by atoms with E-state index < -0.39 is 17.6 Å². The molecule has 3 heterocycles. The van der Waals surface area contributed by atoms with E-state index in [0.29, 0.717) is 50.2 Å². The molecule has 9 heteroatoms. The van der Waals surface area contributed by atoms with Crippen LogP contribution >= 0.6 is 0 Å². The number of carbonyl (C=O) groups excluding carboxylic acids is 2. The predicted molar refractivity (Wildman–Crippen MR) is 128 cm³/mol. The molecule has 2 aromatic rings. The summed E-state index contributed by atoms with van der Waals surface area (Å²) < 4.78 is 11.0. The number of pyridine rings is 1. The molecule has 1 spiro atoms. The number of aliphatic hydroxyl groups is 2. The molecule has 2 aliphatic rings. The first kappa shape index (κ1) is 24.9. The topological polar surface area (TPSA) is 112 Å². The molecule has 0 bridgehead atoms. The van der Waals surface area contributed by atoms with Gasteiger partial charge in [0.25, 0.3) is 11.8 Å². The molecule has 1 aromatic carbocycles. The van der Waals surface area contributed by atoms with Crippen molar-refractivity contribution in [1.82, 2.24) is 14.8 Å². The molecule has 2 N–H and O–H groups in total. The summed E-state index contributed by atoms with van der Waals surface area (Å²) in [6.07, 6.45) is 1.34. The van der Waals surface area contributed by atoms with Gasteiger partial charge in [0, 0.05) is 39.3 Å². The standard InChI is InChI=1S/C26H33N3O6/c1-28-17-26(9-12-29(13-10-26)25(33)19-7-5-11-27-24(19)34-2)15-21(31)20(30)14-18-6-3-4-8-22(18)35-16-23(28)32/h3-8,11,20-21,30-31H,9-10,12-17H2,1-2H3/t20-,21+/m0/s1. The number of rotatable bonds is 2. The first-order valence-corrected chi connectivity index (χ1v) is 11.9. The van der Waals surface area contributed by atoms with Gasteiger partial charge < -0.3 is 29.5 Å². The fraction of sp³-hybridized carbons (Fsp3) is 0.500. The van der Waals surface area contributed by atoms with Crippen molar-refractivity contribution in [1.29, 1.82) is 0 Å². The third kappa shape index (κ3) is 5.57. The molecule has 4 rings (SSSR count). The van der Waals surface area contributed by atoms with Gasteiger partial charge >= 0.3 is 0 Å². The molecule has 2 amide bonds. The number of aromatic nitrogens is 1. The minimum Gasteiger partial charge on any atom is -0.483 e. The van der Waals surface area contributed by atoms with E-state index in [1.54, 1.807) is 41.2 Å². The number of para-hydroxylation sites is 1. The van der Waals surface area contributed by atoms with E-state index in [9.17, 15) is 19.8 Å². The highest BCUT2D eigenvalue weighted by Gasteiger charge is 2.41. The Morgan fingerprint density at radius 3 is 2.63 bits per heavy atom. The van der Waals surface area contributed by atoms with Crippen molar-refractivity contribution in [3.63, 3.8) is 0 Å². The van der Waals surface area contributed by atoms with Crippen LogP contribution in [0.15, 0.2) is 42.6 Å². The summed E-state index contributed by atoms with van der Waals surface area (Å²) in [5, 5.41) is 21.8. The zero-order valence-corrected chi connectivity index (χ0v) is 20.2. The third-order valence-electron chi connectivity index (χ3n) is 7.14. The van der Waals surface area contributed by atoms with E-state index in [0.717, 1.165) is 5.56 Å². The number of amides is 2. The van der Waals surface area contributed by atoms with E-state index in [4.69, 9.17) is 9.47 Å². The molecule has 9 nitrogen and oxygen atoms in total. The van der Waals surface area contributed by atoms with Crippen LogP contribution in [0.3, 0.4) is 0 Å². The summed E-state index contributed by atoms with van der Waals surface area (Å²) >= 11 is 0. The molecule has 188 valence electrons. The molecule has 2 aliphatic heterocycles. The van der Waals surface area contributed by atoms with Gasteiger partial charge in [0.15, 0.2) is 6.61 Å². The first-order valence-electron chi connectivity index (χ1n) is 11.9. The van der Waals surface area contributed by atoms with Gasteiger partial charge in [-0.05, 0) is 48.4 Å². The molecule has 35 heavy (non-hydrogen) atoms. The van der Waals surface area contributed by atoms with Crippen LogP contribution < -0.4 is 9.47 Å². The smallest absolute Gasteiger partial charge is 0.260 e. The van der Waals surface area contributed by atoms with Crippen LogP contribution in [0, 0.1) is 5.41 Å². The maximum atomic E-state index is 13.1. The van der Waals surface area contributed by atoms with Gasteiger partial charge in [-0.1, -0.05) is 18.2 Å². The fourth-order valence-electron chi connectivity index (χ4n) is 5.09. The van der Waals surface area contributed by atoms with Crippen LogP contribution in [-0.2, 0) is 11.2 Å². The lowest BCUT2D eigenvalue weighted by Crippen LogP contribution is -2.51. The Kier molecular flexibility index (Phi) is 7.57. The number of hydrogen-bond acceptors (Lipinski definition) is 7. The number of likely N-dealkylation sites (tertiary alicyclic amines) is 1. The van der Waals surface area contributed by atoms with Crippen molar-refractivity contribution in [2.24, 2.45) is 5.41 Å². The second kappa shape index (κ2) is 10.6. The maximum absolute atomic E-state index is 13.1. The van der Waals surface area contributed by atoms with Crippen LogP contribution in [0.25, 0.3) is 0 Å². The van der Waals surface area contributed by atoms with E-state index >= 15 is 0 Å². The minimum absolute atomic E-state index is 0.104. The van der Waals surface area contributed by atoms with Crippen molar-refractivity contribution in [3.05, 3.63) is 53.7 Å². The lowest BCUT2D eigenvalue weighted by atomic mass is 9.72. The van der Waals surface area contributed by atoms with Crippen LogP contribution in [0.5, 0.6) is 11.6 Å². The summed E-state index contributed by atoms with van der Waals surface area (Å²) in [5.74, 6) is 0.503. The Morgan fingerprint density at radius 1 is 1.14 bits per heavy atom. The molecular weight excluding hydrogens is 450 g/mol. The summed E-state index contributed by atoms with van der Waals surface area (Å²) in [4.78, 5) is 33.5. The number of methoxy groups -OCH3 is 1. The lowest BCUT2D eigenvalue weighted by molar-refractivity contribution is -0.135. The summed E-state index contributed by atoms with van der Waals surface area (Å²) in [6, 6.07) is 10.6. The third-order valence-corrected chi connectivity index (χ3v) is 7.14. The SMILES string of the molecule is COc1ncccc1C(=O)N1CCC2(CC1)C[C@@H](O)[C@@H](O)Cc1ccccc1OCC(=O)N(C)C2. The zero-order chi connectivity index (χ0) is 25.0. The highest BCUT2D eigenvalue weighted by atomic mass is 16.5. The van der Waals surface area contributed by atoms with Crippen LogP contribution in [0.1, 0.15) is 35.2 Å². The summed E-state index contributed by atoms with van der Waals surface area (Å²) in [7, 11) is 3.21. The Morgan fingerprint density at radius 2 is 1.89 bits per heavy atom. The van der Waals surface area contributed by atoms with E-state index in [-0.39, 0.29) is 30.7 Å². The molecular formula is C26H33N3O6. The quantitative estimate of drug-likeness (QED) is 0.666. The van der Waals surface area contributed by atoms with Crippen molar-refractivity contribution < 1.29 is 29.3 Å². The number of carbonyl (C=O) groups is 2. The van der Waals surface area contributed by atoms with Gasteiger partial charge in [0.05, 0.1) is 19.3 Å². The number of fused-ring (bicyclic) bond motifs is 1. The highest BCUT2D eigenvalue weighted by Crippen LogP contribution is 2.39. The number of ether oxygens (including phenoxy) is 2. The fourth-order valence-corrected chi connectivity index (χ4v) is 5.09. The van der Waals surface area contributed by atoms with Crippen molar-refractivity contribution in [3.8, 4) is 11.6 Å². The van der Waals surface area contributed by atoms with Crippen molar-refractivity contribution in [2.45, 2.75) is 37.9 Å². The number of likely N-dealkylation sites (N-methyl/N-ethyl adjacent to an activating group) is 1. The Labute approximate surface area is 205 Å². The summed E-state index contributed by atoms with van der Waals surface area (Å²) in [5.41, 5.74) is 0.706. The van der Waals surface area contributed by atoms with Gasteiger partial charge in [-0.3, -0.25) is 9.59 Å². The predicted octanol–water partition coefficient (Wildman–Crippen LogP) is 1.52. The second-order valence-corrected chi connectivity index (χ2v) is 9.54. The maximum Gasteiger partial charge on any atom is 0.260 e. The lowest BCUT2D eigenvalue weighted by Gasteiger charge is -2.45. The average Bonchev–Trinajstić information content (AvgIpc) is 2.87. The average molecular weight is 484 g/mol. The van der Waals surface area contributed by atoms with Crippen molar-refractivity contribution >= 4 is 11.8 Å². The van der Waals surface area contributed by atoms with Gasteiger partial charge in [0.1, 0.15) is 11.3 Å². The van der Waals surface area contributed by atoms with Gasteiger partial charge in [-0.15, -0.1) is 0 Å². The van der Waals surface area contributed by atoms with E-state index in [1.807, 2.05) is 18.2 Å². The normalized spacial score (nSPS) is 23.0. The van der Waals surface area contributed by atoms with Crippen LogP contribution in [0.2, 0.25) is 0 Å². The van der Waals surface area contributed by atoms with Gasteiger partial charge in [-0.2, -0.15) is 0 Å². The van der Waals surface area contributed by atoms with Gasteiger partial charge in [-0.25, -0.2) is 4.98 Å². The first-order chi connectivity index (χ1) is 16.8. The molecule has 0 aliphatic carbocycles. The van der Waals surface area contributed by atoms with E-state index in [2.05, 4.69) is 4.98 Å². The molecule has 0 radical (unpaired) electrons. The number of nitrogens with zero attached hydrogens (tertiary/aromatic N) is 3. The van der Waals surface area contributed by atoms with Crippen molar-refractivity contribution in [2.75, 3.05) is 40.4 Å². The molecule has 1 aromatic heterocycles. The highest BCUT2D eigenvalue weighted by molar-refractivity contribution is 5.96. The zero-order valence-electron chi connectivity index (χ0n) is 20.2. The largest absolute Gasteiger partial charge is 0.483 e. The molecule has 2 atom stereocenters. The molecule has 0 unspecified atom stereocenters. The second-order valence-electron chi connectivity index (χ2n) is 9.54.